The predicted molar refractivity (Wildman–Crippen MR) is 56.2 cm³/mol. The summed E-state index contributed by atoms with van der Waals surface area (Å²) in [5, 5.41) is 0. The molecular formula is C11H15NO3. The molecule has 0 aliphatic rings. The zero-order chi connectivity index (χ0) is 11.1. The second kappa shape index (κ2) is 6.03. The Kier molecular flexibility index (Phi) is 4.63. The molecule has 0 aliphatic carbocycles. The van der Waals surface area contributed by atoms with Gasteiger partial charge in [0.2, 0.25) is 0 Å². The van der Waals surface area contributed by atoms with E-state index in [0.29, 0.717) is 12.3 Å². The summed E-state index contributed by atoms with van der Waals surface area (Å²) in [6.45, 7) is 1.97. The first-order chi connectivity index (χ1) is 7.22. The smallest absolute Gasteiger partial charge is 0.330 e. The lowest BCUT2D eigenvalue weighted by Gasteiger charge is -2.03. The maximum Gasteiger partial charge on any atom is 0.352 e. The third-order valence-electron chi connectivity index (χ3n) is 1.85. The number of hydrogen-bond donors (Lipinski definition) is 1. The Labute approximate surface area is 88.9 Å². The maximum absolute atomic E-state index is 10.5. The highest BCUT2D eigenvalue weighted by Gasteiger charge is 1.98. The van der Waals surface area contributed by atoms with Crippen molar-refractivity contribution in [2.75, 3.05) is 6.54 Å². The van der Waals surface area contributed by atoms with Gasteiger partial charge in [0.25, 0.3) is 0 Å². The summed E-state index contributed by atoms with van der Waals surface area (Å²) in [4.78, 5) is 19.6. The van der Waals surface area contributed by atoms with Gasteiger partial charge in [-0.2, -0.15) is 0 Å². The number of rotatable bonds is 5. The molecule has 0 unspecified atom stereocenters. The van der Waals surface area contributed by atoms with Gasteiger partial charge in [0, 0.05) is 6.92 Å². The fourth-order valence-corrected chi connectivity index (χ4v) is 1.12. The molecule has 82 valence electrons. The van der Waals surface area contributed by atoms with Crippen LogP contribution in [0.25, 0.3) is 0 Å². The van der Waals surface area contributed by atoms with Gasteiger partial charge >= 0.3 is 5.97 Å². The van der Waals surface area contributed by atoms with E-state index in [4.69, 9.17) is 10.6 Å². The van der Waals surface area contributed by atoms with Gasteiger partial charge in [0.05, 0.1) is 0 Å². The molecule has 0 radical (unpaired) electrons. The normalized spacial score (nSPS) is 9.73. The lowest BCUT2D eigenvalue weighted by atomic mass is 10.1. The number of hydrogen-bond acceptors (Lipinski definition) is 4. The molecule has 0 spiro atoms. The average molecular weight is 209 g/mol. The topological polar surface area (TPSA) is 61.5 Å². The van der Waals surface area contributed by atoms with Gasteiger partial charge < -0.3 is 5.73 Å². The highest BCUT2D eigenvalue weighted by atomic mass is 17.2. The Morgan fingerprint density at radius 2 is 2.00 bits per heavy atom. The molecule has 1 aromatic carbocycles. The molecule has 2 N–H and O–H groups in total. The SMILES string of the molecule is CC(=O)OOc1ccc(CCCN)cc1. The van der Waals surface area contributed by atoms with Crippen molar-refractivity contribution in [3.63, 3.8) is 0 Å². The third-order valence-corrected chi connectivity index (χ3v) is 1.85. The highest BCUT2D eigenvalue weighted by molar-refractivity contribution is 5.65. The van der Waals surface area contributed by atoms with E-state index >= 15 is 0 Å². The van der Waals surface area contributed by atoms with Crippen LogP contribution in [0.15, 0.2) is 24.3 Å². The van der Waals surface area contributed by atoms with E-state index in [2.05, 4.69) is 4.89 Å². The van der Waals surface area contributed by atoms with Gasteiger partial charge in [-0.05, 0) is 37.1 Å². The molecule has 0 saturated carbocycles. The summed E-state index contributed by atoms with van der Waals surface area (Å²) < 4.78 is 0. The van der Waals surface area contributed by atoms with Crippen molar-refractivity contribution in [3.05, 3.63) is 29.8 Å². The van der Waals surface area contributed by atoms with Gasteiger partial charge in [-0.15, -0.1) is 0 Å². The van der Waals surface area contributed by atoms with Gasteiger partial charge in [-0.3, -0.25) is 9.78 Å². The Hall–Kier alpha value is -1.55. The van der Waals surface area contributed by atoms with E-state index in [1.807, 2.05) is 12.1 Å². The van der Waals surface area contributed by atoms with Gasteiger partial charge in [-0.1, -0.05) is 12.1 Å². The molecule has 4 heteroatoms. The van der Waals surface area contributed by atoms with Crippen LogP contribution in [0.1, 0.15) is 18.9 Å². The van der Waals surface area contributed by atoms with Crippen LogP contribution in [0, 0.1) is 0 Å². The quantitative estimate of drug-likeness (QED) is 0.588. The van der Waals surface area contributed by atoms with Crippen LogP contribution in [0.5, 0.6) is 5.75 Å². The number of carbonyl (C=O) groups excluding carboxylic acids is 1. The molecule has 0 atom stereocenters. The summed E-state index contributed by atoms with van der Waals surface area (Å²) in [7, 11) is 0. The van der Waals surface area contributed by atoms with E-state index in [9.17, 15) is 4.79 Å². The molecule has 0 fully saturated rings. The molecule has 0 amide bonds. The van der Waals surface area contributed by atoms with Crippen molar-refractivity contribution in [1.29, 1.82) is 0 Å². The van der Waals surface area contributed by atoms with E-state index in [1.165, 1.54) is 12.5 Å². The van der Waals surface area contributed by atoms with Crippen molar-refractivity contribution in [3.8, 4) is 5.75 Å². The number of benzene rings is 1. The summed E-state index contributed by atoms with van der Waals surface area (Å²) in [6, 6.07) is 7.37. The first kappa shape index (κ1) is 11.5. The fourth-order valence-electron chi connectivity index (χ4n) is 1.12. The van der Waals surface area contributed by atoms with Crippen LogP contribution in [-0.4, -0.2) is 12.5 Å². The molecule has 1 rings (SSSR count). The Bertz CT molecular complexity index is 308. The third kappa shape index (κ3) is 4.46. The standard InChI is InChI=1S/C11H15NO3/c1-9(13)14-15-11-6-4-10(5-7-11)3-2-8-12/h4-7H,2-3,8,12H2,1H3. The Morgan fingerprint density at radius 3 is 2.53 bits per heavy atom. The van der Waals surface area contributed by atoms with Crippen molar-refractivity contribution in [1.82, 2.24) is 0 Å². The summed E-state index contributed by atoms with van der Waals surface area (Å²) in [5.74, 6) is 0.0453. The zero-order valence-corrected chi connectivity index (χ0v) is 8.73. The van der Waals surface area contributed by atoms with Crippen molar-refractivity contribution in [2.24, 2.45) is 5.73 Å². The summed E-state index contributed by atoms with van der Waals surface area (Å²) in [5.41, 5.74) is 6.60. The minimum atomic E-state index is -0.470. The van der Waals surface area contributed by atoms with Crippen molar-refractivity contribution < 1.29 is 14.6 Å². The first-order valence-corrected chi connectivity index (χ1v) is 4.86. The van der Waals surface area contributed by atoms with Gasteiger partial charge in [0.1, 0.15) is 0 Å². The molecule has 0 bridgehead atoms. The molecule has 15 heavy (non-hydrogen) atoms. The van der Waals surface area contributed by atoms with Crippen LogP contribution in [0.3, 0.4) is 0 Å². The van der Waals surface area contributed by atoms with E-state index in [-0.39, 0.29) is 0 Å². The van der Waals surface area contributed by atoms with Crippen LogP contribution in [-0.2, 0) is 16.1 Å². The molecule has 0 saturated heterocycles. The number of carbonyl (C=O) groups is 1. The lowest BCUT2D eigenvalue weighted by molar-refractivity contribution is -0.210. The van der Waals surface area contributed by atoms with Crippen LogP contribution in [0.2, 0.25) is 0 Å². The number of nitrogens with two attached hydrogens (primary N) is 1. The molecule has 0 aliphatic heterocycles. The molecular weight excluding hydrogens is 194 g/mol. The molecule has 0 heterocycles. The maximum atomic E-state index is 10.5. The monoisotopic (exact) mass is 209 g/mol. The van der Waals surface area contributed by atoms with Crippen LogP contribution in [0.4, 0.5) is 0 Å². The van der Waals surface area contributed by atoms with E-state index < -0.39 is 5.97 Å². The van der Waals surface area contributed by atoms with Gasteiger partial charge in [-0.25, -0.2) is 4.79 Å². The molecule has 4 nitrogen and oxygen atoms in total. The number of aryl methyl sites for hydroxylation is 1. The Balaban J connectivity index is 2.45. The minimum Gasteiger partial charge on any atom is -0.330 e. The second-order valence-electron chi connectivity index (χ2n) is 3.19. The lowest BCUT2D eigenvalue weighted by Crippen LogP contribution is -2.03. The van der Waals surface area contributed by atoms with Gasteiger partial charge in [0.15, 0.2) is 5.75 Å². The largest absolute Gasteiger partial charge is 0.352 e. The highest BCUT2D eigenvalue weighted by Crippen LogP contribution is 2.13. The van der Waals surface area contributed by atoms with Crippen LogP contribution < -0.4 is 10.6 Å². The minimum absolute atomic E-state index is 0.470. The zero-order valence-electron chi connectivity index (χ0n) is 8.73. The van der Waals surface area contributed by atoms with Crippen molar-refractivity contribution in [2.45, 2.75) is 19.8 Å². The van der Waals surface area contributed by atoms with Crippen LogP contribution >= 0.6 is 0 Å². The first-order valence-electron chi connectivity index (χ1n) is 4.86. The fraction of sp³-hybridized carbons (Fsp3) is 0.364. The van der Waals surface area contributed by atoms with E-state index in [0.717, 1.165) is 12.8 Å². The predicted octanol–water partition coefficient (Wildman–Crippen LogP) is 1.43. The summed E-state index contributed by atoms with van der Waals surface area (Å²) in [6.07, 6.45) is 1.91. The molecule has 0 aromatic heterocycles. The average Bonchev–Trinajstić information content (AvgIpc) is 2.25. The second-order valence-corrected chi connectivity index (χ2v) is 3.19. The molecule has 1 aromatic rings. The summed E-state index contributed by atoms with van der Waals surface area (Å²) >= 11 is 0. The van der Waals surface area contributed by atoms with Crippen molar-refractivity contribution >= 4 is 5.97 Å². The Morgan fingerprint density at radius 1 is 1.33 bits per heavy atom. The van der Waals surface area contributed by atoms with E-state index in [1.54, 1.807) is 12.1 Å².